The second kappa shape index (κ2) is 28.4. The minimum absolute atomic E-state index is 0.109. The van der Waals surface area contributed by atoms with E-state index in [0.29, 0.717) is 12.8 Å². The van der Waals surface area contributed by atoms with Gasteiger partial charge >= 0.3 is 5.97 Å². The molecule has 0 fully saturated rings. The maximum absolute atomic E-state index is 12.2. The Kier molecular flexibility index (Phi) is 27.7. The molecule has 34 heavy (non-hydrogen) atoms. The first kappa shape index (κ1) is 33.1. The summed E-state index contributed by atoms with van der Waals surface area (Å²) >= 11 is 0. The lowest BCUT2D eigenvalue weighted by Crippen LogP contribution is -2.18. The van der Waals surface area contributed by atoms with E-state index < -0.39 is 0 Å². The molecule has 0 aromatic carbocycles. The number of hydrogen-bond donors (Lipinski definition) is 0. The smallest absolute Gasteiger partial charge is 0.306 e. The van der Waals surface area contributed by atoms with Gasteiger partial charge in [0.15, 0.2) is 0 Å². The van der Waals surface area contributed by atoms with E-state index in [4.69, 9.17) is 4.74 Å². The van der Waals surface area contributed by atoms with Gasteiger partial charge in [-0.05, 0) is 19.3 Å². The maximum atomic E-state index is 12.2. The average molecular weight is 481 g/mol. The quantitative estimate of drug-likeness (QED) is 0.0635. The van der Waals surface area contributed by atoms with Crippen molar-refractivity contribution in [3.63, 3.8) is 0 Å². The first-order valence-electron chi connectivity index (χ1n) is 15.4. The standard InChI is InChI=1S/C31H60O3/c1-3-5-7-9-11-13-15-16-17-19-21-23-25-27-31(33)34-30(28-29-32)26-24-22-20-18-14-12-10-8-6-4-2/h29-30H,3-28H2,1-2H3. The van der Waals surface area contributed by atoms with Crippen molar-refractivity contribution in [2.45, 2.75) is 187 Å². The monoisotopic (exact) mass is 480 g/mol. The molecule has 1 atom stereocenters. The van der Waals surface area contributed by atoms with Crippen molar-refractivity contribution in [2.24, 2.45) is 0 Å². The third-order valence-corrected chi connectivity index (χ3v) is 7.02. The Hall–Kier alpha value is -0.860. The minimum atomic E-state index is -0.207. The molecule has 0 spiro atoms. The van der Waals surface area contributed by atoms with Crippen LogP contribution in [-0.4, -0.2) is 18.4 Å². The van der Waals surface area contributed by atoms with Crippen molar-refractivity contribution >= 4 is 12.3 Å². The number of ether oxygens (including phenoxy) is 1. The number of esters is 1. The van der Waals surface area contributed by atoms with Crippen LogP contribution in [-0.2, 0) is 14.3 Å². The lowest BCUT2D eigenvalue weighted by Gasteiger charge is -2.15. The Morgan fingerprint density at radius 2 is 0.912 bits per heavy atom. The normalized spacial score (nSPS) is 12.1. The molecule has 0 N–H and O–H groups in total. The summed E-state index contributed by atoms with van der Waals surface area (Å²) in [7, 11) is 0. The van der Waals surface area contributed by atoms with E-state index in [2.05, 4.69) is 13.8 Å². The molecule has 0 aromatic rings. The van der Waals surface area contributed by atoms with Crippen molar-refractivity contribution in [1.82, 2.24) is 0 Å². The Labute approximate surface area is 213 Å². The van der Waals surface area contributed by atoms with Gasteiger partial charge in [0, 0.05) is 12.8 Å². The molecule has 0 aliphatic carbocycles. The van der Waals surface area contributed by atoms with Gasteiger partial charge in [-0.15, -0.1) is 0 Å². The lowest BCUT2D eigenvalue weighted by molar-refractivity contribution is -0.150. The van der Waals surface area contributed by atoms with Gasteiger partial charge in [-0.1, -0.05) is 149 Å². The third kappa shape index (κ3) is 25.8. The molecular formula is C31H60O3. The molecule has 0 radical (unpaired) electrons. The summed E-state index contributed by atoms with van der Waals surface area (Å²) in [6.45, 7) is 4.53. The predicted octanol–water partition coefficient (Wildman–Crippen LogP) is 10.3. The predicted molar refractivity (Wildman–Crippen MR) is 147 cm³/mol. The topological polar surface area (TPSA) is 43.4 Å². The zero-order valence-corrected chi connectivity index (χ0v) is 23.3. The maximum Gasteiger partial charge on any atom is 0.306 e. The molecule has 0 aromatic heterocycles. The summed E-state index contributed by atoms with van der Waals surface area (Å²) < 4.78 is 5.61. The highest BCUT2D eigenvalue weighted by molar-refractivity contribution is 5.69. The minimum Gasteiger partial charge on any atom is -0.462 e. The summed E-state index contributed by atoms with van der Waals surface area (Å²) in [6, 6.07) is 0. The molecule has 0 bridgehead atoms. The van der Waals surface area contributed by atoms with Crippen molar-refractivity contribution in [3.8, 4) is 0 Å². The number of aldehydes is 1. The highest BCUT2D eigenvalue weighted by Gasteiger charge is 2.13. The number of carbonyl (C=O) groups excluding carboxylic acids is 2. The zero-order valence-electron chi connectivity index (χ0n) is 23.3. The van der Waals surface area contributed by atoms with Crippen LogP contribution >= 0.6 is 0 Å². The summed E-state index contributed by atoms with van der Waals surface area (Å²) in [6.07, 6.45) is 32.3. The molecule has 1 unspecified atom stereocenters. The highest BCUT2D eigenvalue weighted by Crippen LogP contribution is 2.16. The second-order valence-corrected chi connectivity index (χ2v) is 10.5. The van der Waals surface area contributed by atoms with E-state index in [9.17, 15) is 9.59 Å². The number of carbonyl (C=O) groups is 2. The van der Waals surface area contributed by atoms with Gasteiger partial charge in [-0.2, -0.15) is 0 Å². The third-order valence-electron chi connectivity index (χ3n) is 7.02. The van der Waals surface area contributed by atoms with Gasteiger partial charge in [-0.25, -0.2) is 0 Å². The summed E-state index contributed by atoms with van der Waals surface area (Å²) in [5, 5.41) is 0. The first-order chi connectivity index (χ1) is 16.7. The Bertz CT molecular complexity index is 421. The number of hydrogen-bond acceptors (Lipinski definition) is 3. The fourth-order valence-corrected chi connectivity index (χ4v) is 4.72. The van der Waals surface area contributed by atoms with Crippen LogP contribution in [0.15, 0.2) is 0 Å². The van der Waals surface area contributed by atoms with Gasteiger partial charge in [-0.3, -0.25) is 4.79 Å². The summed E-state index contributed by atoms with van der Waals surface area (Å²) in [5.74, 6) is -0.109. The molecule has 0 heterocycles. The molecule has 0 aliphatic heterocycles. The largest absolute Gasteiger partial charge is 0.462 e. The second-order valence-electron chi connectivity index (χ2n) is 10.5. The van der Waals surface area contributed by atoms with E-state index in [-0.39, 0.29) is 12.1 Å². The van der Waals surface area contributed by atoms with Crippen LogP contribution in [0.25, 0.3) is 0 Å². The van der Waals surface area contributed by atoms with E-state index in [1.165, 1.54) is 128 Å². The van der Waals surface area contributed by atoms with Crippen molar-refractivity contribution in [2.75, 3.05) is 0 Å². The molecule has 0 saturated carbocycles. The van der Waals surface area contributed by atoms with Crippen LogP contribution in [0.1, 0.15) is 181 Å². The molecule has 0 rings (SSSR count). The highest BCUT2D eigenvalue weighted by atomic mass is 16.5. The van der Waals surface area contributed by atoms with Gasteiger partial charge in [0.05, 0.1) is 0 Å². The van der Waals surface area contributed by atoms with Crippen LogP contribution in [0.2, 0.25) is 0 Å². The Morgan fingerprint density at radius 3 is 1.29 bits per heavy atom. The van der Waals surface area contributed by atoms with Gasteiger partial charge < -0.3 is 9.53 Å². The Morgan fingerprint density at radius 1 is 0.559 bits per heavy atom. The van der Waals surface area contributed by atoms with Crippen molar-refractivity contribution in [3.05, 3.63) is 0 Å². The van der Waals surface area contributed by atoms with Gasteiger partial charge in [0.2, 0.25) is 0 Å². The summed E-state index contributed by atoms with van der Waals surface area (Å²) in [5.41, 5.74) is 0. The van der Waals surface area contributed by atoms with Crippen LogP contribution in [0.3, 0.4) is 0 Å². The number of unbranched alkanes of at least 4 members (excludes halogenated alkanes) is 21. The molecule has 0 saturated heterocycles. The fourth-order valence-electron chi connectivity index (χ4n) is 4.72. The van der Waals surface area contributed by atoms with E-state index in [1.54, 1.807) is 0 Å². The van der Waals surface area contributed by atoms with Crippen LogP contribution < -0.4 is 0 Å². The Balaban J connectivity index is 3.54. The van der Waals surface area contributed by atoms with E-state index in [0.717, 1.165) is 32.0 Å². The van der Waals surface area contributed by atoms with Crippen LogP contribution in [0, 0.1) is 0 Å². The van der Waals surface area contributed by atoms with E-state index in [1.807, 2.05) is 0 Å². The first-order valence-corrected chi connectivity index (χ1v) is 15.4. The average Bonchev–Trinajstić information content (AvgIpc) is 2.83. The van der Waals surface area contributed by atoms with E-state index >= 15 is 0 Å². The fraction of sp³-hybridized carbons (Fsp3) is 0.935. The molecule has 3 heteroatoms. The molecule has 202 valence electrons. The summed E-state index contributed by atoms with van der Waals surface area (Å²) in [4.78, 5) is 23.1. The van der Waals surface area contributed by atoms with Crippen molar-refractivity contribution in [1.29, 1.82) is 0 Å². The molecule has 3 nitrogen and oxygen atoms in total. The van der Waals surface area contributed by atoms with Crippen LogP contribution in [0.4, 0.5) is 0 Å². The molecule has 0 aliphatic rings. The SMILES string of the molecule is CCCCCCCCCCCCCCCC(=O)OC(CC=O)CCCCCCCCCCCC. The zero-order chi connectivity index (χ0) is 25.0. The lowest BCUT2D eigenvalue weighted by atomic mass is 10.0. The van der Waals surface area contributed by atoms with Gasteiger partial charge in [0.25, 0.3) is 0 Å². The van der Waals surface area contributed by atoms with Gasteiger partial charge in [0.1, 0.15) is 12.4 Å². The molecule has 0 amide bonds. The molecular weight excluding hydrogens is 420 g/mol. The van der Waals surface area contributed by atoms with Crippen molar-refractivity contribution < 1.29 is 14.3 Å². The number of rotatable bonds is 28. The van der Waals surface area contributed by atoms with Crippen LogP contribution in [0.5, 0.6) is 0 Å².